The Morgan fingerprint density at radius 1 is 1.35 bits per heavy atom. The lowest BCUT2D eigenvalue weighted by molar-refractivity contribution is 0.222. The first kappa shape index (κ1) is 12.5. The van der Waals surface area contributed by atoms with Crippen LogP contribution in [0.4, 0.5) is 4.39 Å². The molecular formula is C14H21FN2. The molecule has 1 aromatic rings. The molecule has 0 saturated carbocycles. The summed E-state index contributed by atoms with van der Waals surface area (Å²) in [6.45, 7) is 5.83. The average molecular weight is 236 g/mol. The first-order valence-corrected chi connectivity index (χ1v) is 6.46. The molecule has 1 aromatic carbocycles. The summed E-state index contributed by atoms with van der Waals surface area (Å²) in [5.41, 5.74) is 7.50. The summed E-state index contributed by atoms with van der Waals surface area (Å²) >= 11 is 0. The SMILES string of the molecule is CCN1CCC(c2cccc(F)c2CN)CC1. The number of nitrogens with two attached hydrogens (primary N) is 1. The van der Waals surface area contributed by atoms with Crippen LogP contribution in [0.3, 0.4) is 0 Å². The van der Waals surface area contributed by atoms with Crippen molar-refractivity contribution in [3.8, 4) is 0 Å². The highest BCUT2D eigenvalue weighted by Gasteiger charge is 2.22. The summed E-state index contributed by atoms with van der Waals surface area (Å²) in [5.74, 6) is 0.329. The molecule has 1 aliphatic heterocycles. The van der Waals surface area contributed by atoms with Gasteiger partial charge in [-0.1, -0.05) is 19.1 Å². The highest BCUT2D eigenvalue weighted by atomic mass is 19.1. The van der Waals surface area contributed by atoms with Gasteiger partial charge in [-0.25, -0.2) is 4.39 Å². The molecule has 2 rings (SSSR count). The zero-order valence-corrected chi connectivity index (χ0v) is 10.5. The molecule has 3 heteroatoms. The minimum atomic E-state index is -0.150. The topological polar surface area (TPSA) is 29.3 Å². The van der Waals surface area contributed by atoms with E-state index in [4.69, 9.17) is 5.73 Å². The maximum Gasteiger partial charge on any atom is 0.127 e. The van der Waals surface area contributed by atoms with Crippen molar-refractivity contribution >= 4 is 0 Å². The van der Waals surface area contributed by atoms with Crippen LogP contribution < -0.4 is 5.73 Å². The monoisotopic (exact) mass is 236 g/mol. The molecule has 2 nitrogen and oxygen atoms in total. The Bertz CT molecular complexity index is 370. The molecule has 1 heterocycles. The predicted molar refractivity (Wildman–Crippen MR) is 68.4 cm³/mol. The summed E-state index contributed by atoms with van der Waals surface area (Å²) in [6.07, 6.45) is 2.23. The van der Waals surface area contributed by atoms with E-state index in [2.05, 4.69) is 11.8 Å². The Hall–Kier alpha value is -0.930. The lowest BCUT2D eigenvalue weighted by atomic mass is 9.86. The smallest absolute Gasteiger partial charge is 0.127 e. The van der Waals surface area contributed by atoms with Gasteiger partial charge in [-0.3, -0.25) is 0 Å². The van der Waals surface area contributed by atoms with Crippen LogP contribution in [-0.4, -0.2) is 24.5 Å². The third-order valence-electron chi connectivity index (χ3n) is 3.83. The molecule has 2 N–H and O–H groups in total. The van der Waals surface area contributed by atoms with Gasteiger partial charge in [-0.15, -0.1) is 0 Å². The van der Waals surface area contributed by atoms with Gasteiger partial charge in [0.1, 0.15) is 5.82 Å². The summed E-state index contributed by atoms with van der Waals surface area (Å²) in [6, 6.07) is 5.35. The zero-order valence-electron chi connectivity index (χ0n) is 10.5. The molecule has 0 aliphatic carbocycles. The minimum absolute atomic E-state index is 0.150. The number of nitrogens with zero attached hydrogens (tertiary/aromatic N) is 1. The van der Waals surface area contributed by atoms with E-state index in [-0.39, 0.29) is 5.82 Å². The number of benzene rings is 1. The van der Waals surface area contributed by atoms with Crippen molar-refractivity contribution < 1.29 is 4.39 Å². The van der Waals surface area contributed by atoms with Gasteiger partial charge in [-0.2, -0.15) is 0 Å². The molecule has 17 heavy (non-hydrogen) atoms. The van der Waals surface area contributed by atoms with Crippen LogP contribution in [-0.2, 0) is 6.54 Å². The normalized spacial score (nSPS) is 18.5. The van der Waals surface area contributed by atoms with Crippen molar-refractivity contribution in [2.75, 3.05) is 19.6 Å². The van der Waals surface area contributed by atoms with Gasteiger partial charge in [-0.05, 0) is 50.0 Å². The van der Waals surface area contributed by atoms with Crippen molar-refractivity contribution in [1.82, 2.24) is 4.90 Å². The van der Waals surface area contributed by atoms with Crippen LogP contribution in [0.1, 0.15) is 36.8 Å². The van der Waals surface area contributed by atoms with Gasteiger partial charge in [0, 0.05) is 12.1 Å². The Morgan fingerprint density at radius 2 is 2.06 bits per heavy atom. The second kappa shape index (κ2) is 5.61. The standard InChI is InChI=1S/C14H21FN2/c1-2-17-8-6-11(7-9-17)12-4-3-5-14(15)13(12)10-16/h3-5,11H,2,6-10,16H2,1H3. The summed E-state index contributed by atoms with van der Waals surface area (Å²) in [4.78, 5) is 2.44. The molecule has 1 aliphatic rings. The van der Waals surface area contributed by atoms with E-state index in [1.54, 1.807) is 6.07 Å². The van der Waals surface area contributed by atoms with Crippen LogP contribution in [0.25, 0.3) is 0 Å². The third kappa shape index (κ3) is 2.67. The number of rotatable bonds is 3. The van der Waals surface area contributed by atoms with Gasteiger partial charge < -0.3 is 10.6 Å². The fourth-order valence-electron chi connectivity index (χ4n) is 2.73. The van der Waals surface area contributed by atoms with E-state index in [0.29, 0.717) is 18.0 Å². The Kier molecular flexibility index (Phi) is 4.13. The third-order valence-corrected chi connectivity index (χ3v) is 3.83. The first-order chi connectivity index (χ1) is 8.26. The van der Waals surface area contributed by atoms with Crippen LogP contribution >= 0.6 is 0 Å². The summed E-state index contributed by atoms with van der Waals surface area (Å²) < 4.78 is 13.7. The van der Waals surface area contributed by atoms with Crippen molar-refractivity contribution in [3.05, 3.63) is 35.1 Å². The van der Waals surface area contributed by atoms with Crippen molar-refractivity contribution in [1.29, 1.82) is 0 Å². The summed E-state index contributed by atoms with van der Waals surface area (Å²) in [7, 11) is 0. The molecule has 1 fully saturated rings. The number of hydrogen-bond donors (Lipinski definition) is 1. The van der Waals surface area contributed by atoms with Crippen LogP contribution in [0, 0.1) is 5.82 Å². The molecule has 0 unspecified atom stereocenters. The number of likely N-dealkylation sites (tertiary alicyclic amines) is 1. The fourth-order valence-corrected chi connectivity index (χ4v) is 2.73. The lowest BCUT2D eigenvalue weighted by Crippen LogP contribution is -2.33. The number of halogens is 1. The maximum absolute atomic E-state index is 13.7. The first-order valence-electron chi connectivity index (χ1n) is 6.46. The number of hydrogen-bond acceptors (Lipinski definition) is 2. The molecule has 0 spiro atoms. The highest BCUT2D eigenvalue weighted by molar-refractivity contribution is 5.32. The van der Waals surface area contributed by atoms with Gasteiger partial charge >= 0.3 is 0 Å². The molecule has 0 radical (unpaired) electrons. The van der Waals surface area contributed by atoms with E-state index in [1.807, 2.05) is 6.07 Å². The Balaban J connectivity index is 2.15. The van der Waals surface area contributed by atoms with E-state index in [0.717, 1.165) is 38.0 Å². The molecule has 0 atom stereocenters. The molecule has 0 bridgehead atoms. The molecular weight excluding hydrogens is 215 g/mol. The highest BCUT2D eigenvalue weighted by Crippen LogP contribution is 2.31. The van der Waals surface area contributed by atoms with Crippen LogP contribution in [0.15, 0.2) is 18.2 Å². The van der Waals surface area contributed by atoms with Gasteiger partial charge in [0.2, 0.25) is 0 Å². The minimum Gasteiger partial charge on any atom is -0.326 e. The van der Waals surface area contributed by atoms with E-state index < -0.39 is 0 Å². The Morgan fingerprint density at radius 3 is 2.65 bits per heavy atom. The average Bonchev–Trinajstić information content (AvgIpc) is 2.38. The van der Waals surface area contributed by atoms with Gasteiger partial charge in [0.15, 0.2) is 0 Å². The molecule has 0 aromatic heterocycles. The molecule has 0 amide bonds. The Labute approximate surface area is 103 Å². The van der Waals surface area contributed by atoms with Crippen molar-refractivity contribution in [3.63, 3.8) is 0 Å². The zero-order chi connectivity index (χ0) is 12.3. The maximum atomic E-state index is 13.7. The van der Waals surface area contributed by atoms with E-state index in [1.165, 1.54) is 6.07 Å². The van der Waals surface area contributed by atoms with Crippen LogP contribution in [0.2, 0.25) is 0 Å². The van der Waals surface area contributed by atoms with Crippen molar-refractivity contribution in [2.24, 2.45) is 5.73 Å². The van der Waals surface area contributed by atoms with Gasteiger partial charge in [0.25, 0.3) is 0 Å². The largest absolute Gasteiger partial charge is 0.326 e. The lowest BCUT2D eigenvalue weighted by Gasteiger charge is -2.32. The summed E-state index contributed by atoms with van der Waals surface area (Å²) in [5, 5.41) is 0. The molecule has 94 valence electrons. The number of piperidine rings is 1. The van der Waals surface area contributed by atoms with Crippen LogP contribution in [0.5, 0.6) is 0 Å². The fraction of sp³-hybridized carbons (Fsp3) is 0.571. The second-order valence-electron chi connectivity index (χ2n) is 4.72. The van der Waals surface area contributed by atoms with E-state index in [9.17, 15) is 4.39 Å². The quantitative estimate of drug-likeness (QED) is 0.873. The second-order valence-corrected chi connectivity index (χ2v) is 4.72. The van der Waals surface area contributed by atoms with Gasteiger partial charge in [0.05, 0.1) is 0 Å². The predicted octanol–water partition coefficient (Wildman–Crippen LogP) is 2.48. The van der Waals surface area contributed by atoms with Crippen molar-refractivity contribution in [2.45, 2.75) is 32.2 Å². The van der Waals surface area contributed by atoms with E-state index >= 15 is 0 Å². The molecule has 1 saturated heterocycles.